The quantitative estimate of drug-likeness (QED) is 0.837. The molecule has 0 spiro atoms. The molecule has 0 saturated heterocycles. The molecule has 0 aromatic carbocycles. The molecule has 0 bridgehead atoms. The van der Waals surface area contributed by atoms with Gasteiger partial charge in [-0.05, 0) is 26.0 Å². The summed E-state index contributed by atoms with van der Waals surface area (Å²) < 4.78 is 6.75. The lowest BCUT2D eigenvalue weighted by atomic mass is 10.3. The first kappa shape index (κ1) is 15.7. The van der Waals surface area contributed by atoms with Crippen molar-refractivity contribution in [2.24, 2.45) is 0 Å². The van der Waals surface area contributed by atoms with Gasteiger partial charge in [-0.25, -0.2) is 4.98 Å². The Hall–Kier alpha value is -2.70. The lowest BCUT2D eigenvalue weighted by molar-refractivity contribution is -0.123. The van der Waals surface area contributed by atoms with E-state index in [0.29, 0.717) is 24.4 Å². The summed E-state index contributed by atoms with van der Waals surface area (Å²) in [5.74, 6) is 0.279. The van der Waals surface area contributed by atoms with Gasteiger partial charge in [0.25, 0.3) is 11.5 Å². The van der Waals surface area contributed by atoms with E-state index in [1.165, 1.54) is 17.1 Å². The maximum absolute atomic E-state index is 12.0. The van der Waals surface area contributed by atoms with Crippen LogP contribution in [-0.2, 0) is 11.3 Å². The molecule has 0 saturated carbocycles. The molecule has 2 rings (SSSR count). The normalized spacial score (nSPS) is 10.3. The fraction of sp³-hybridized carbons (Fsp3) is 0.333. The van der Waals surface area contributed by atoms with E-state index in [9.17, 15) is 9.59 Å². The van der Waals surface area contributed by atoms with Gasteiger partial charge in [-0.15, -0.1) is 0 Å². The van der Waals surface area contributed by atoms with Gasteiger partial charge in [-0.3, -0.25) is 19.1 Å². The zero-order valence-corrected chi connectivity index (χ0v) is 12.6. The lowest BCUT2D eigenvalue weighted by Crippen LogP contribution is -2.34. The monoisotopic (exact) mass is 302 g/mol. The number of carbonyl (C=O) groups excluding carboxylic acids is 1. The van der Waals surface area contributed by atoms with Gasteiger partial charge in [-0.1, -0.05) is 0 Å². The van der Waals surface area contributed by atoms with Gasteiger partial charge in [0.05, 0.1) is 12.5 Å². The van der Waals surface area contributed by atoms with E-state index in [0.717, 1.165) is 5.69 Å². The van der Waals surface area contributed by atoms with Crippen LogP contribution in [0.25, 0.3) is 0 Å². The van der Waals surface area contributed by atoms with Crippen molar-refractivity contribution in [1.29, 1.82) is 0 Å². The Balaban J connectivity index is 1.78. The molecule has 22 heavy (non-hydrogen) atoms. The maximum Gasteiger partial charge on any atom is 0.258 e. The number of hydrogen-bond donors (Lipinski definition) is 1. The van der Waals surface area contributed by atoms with E-state index < -0.39 is 0 Å². The molecule has 0 radical (unpaired) electrons. The van der Waals surface area contributed by atoms with E-state index in [1.54, 1.807) is 32.2 Å². The molecular weight excluding hydrogens is 284 g/mol. The van der Waals surface area contributed by atoms with Gasteiger partial charge in [-0.2, -0.15) is 0 Å². The number of pyridine rings is 1. The molecule has 0 aliphatic rings. The highest BCUT2D eigenvalue weighted by atomic mass is 16.5. The fourth-order valence-corrected chi connectivity index (χ4v) is 1.78. The third-order valence-corrected chi connectivity index (χ3v) is 3.19. The lowest BCUT2D eigenvalue weighted by Gasteiger charge is -2.09. The average Bonchev–Trinajstić information content (AvgIpc) is 2.54. The van der Waals surface area contributed by atoms with Crippen molar-refractivity contribution >= 4 is 5.91 Å². The van der Waals surface area contributed by atoms with Gasteiger partial charge in [0.2, 0.25) is 0 Å². The highest BCUT2D eigenvalue weighted by Crippen LogP contribution is 2.05. The first-order valence-corrected chi connectivity index (χ1v) is 6.90. The second kappa shape index (κ2) is 7.35. The summed E-state index contributed by atoms with van der Waals surface area (Å²) >= 11 is 0. The third kappa shape index (κ3) is 4.15. The van der Waals surface area contributed by atoms with Crippen LogP contribution in [-0.4, -0.2) is 33.6 Å². The average molecular weight is 302 g/mol. The van der Waals surface area contributed by atoms with Gasteiger partial charge in [0.15, 0.2) is 6.61 Å². The Morgan fingerprint density at radius 1 is 1.41 bits per heavy atom. The zero-order chi connectivity index (χ0) is 15.9. The molecule has 0 atom stereocenters. The minimum absolute atomic E-state index is 0.0895. The summed E-state index contributed by atoms with van der Waals surface area (Å²) in [5.41, 5.74) is 1.25. The largest absolute Gasteiger partial charge is 0.482 e. The summed E-state index contributed by atoms with van der Waals surface area (Å²) in [7, 11) is 0. The predicted octanol–water partition coefficient (Wildman–Crippen LogP) is 0.450. The van der Waals surface area contributed by atoms with Crippen molar-refractivity contribution < 1.29 is 9.53 Å². The van der Waals surface area contributed by atoms with Gasteiger partial charge in [0.1, 0.15) is 5.75 Å². The van der Waals surface area contributed by atoms with Gasteiger partial charge in [0, 0.05) is 30.5 Å². The summed E-state index contributed by atoms with van der Waals surface area (Å²) in [6, 6.07) is 3.45. The molecular formula is C15H18N4O3. The molecule has 116 valence electrons. The Bertz CT molecular complexity index is 698. The second-order valence-corrected chi connectivity index (χ2v) is 4.78. The van der Waals surface area contributed by atoms with E-state index >= 15 is 0 Å². The second-order valence-electron chi connectivity index (χ2n) is 4.78. The van der Waals surface area contributed by atoms with Crippen LogP contribution in [0.5, 0.6) is 5.75 Å². The van der Waals surface area contributed by atoms with Gasteiger partial charge < -0.3 is 10.1 Å². The SMILES string of the molecule is Cc1ncn(CCNC(=O)COc2cccnc2)c(=O)c1C. The van der Waals surface area contributed by atoms with Crippen LogP contribution in [0.3, 0.4) is 0 Å². The number of ether oxygens (including phenoxy) is 1. The third-order valence-electron chi connectivity index (χ3n) is 3.19. The van der Waals surface area contributed by atoms with Crippen LogP contribution in [0, 0.1) is 13.8 Å². The first-order valence-electron chi connectivity index (χ1n) is 6.90. The van der Waals surface area contributed by atoms with Crippen molar-refractivity contribution in [2.45, 2.75) is 20.4 Å². The molecule has 7 heteroatoms. The molecule has 0 unspecified atom stereocenters. The summed E-state index contributed by atoms with van der Waals surface area (Å²) in [4.78, 5) is 31.6. The molecule has 1 N–H and O–H groups in total. The molecule has 0 aliphatic heterocycles. The summed E-state index contributed by atoms with van der Waals surface area (Å²) in [5, 5.41) is 2.69. The maximum atomic E-state index is 12.0. The Kier molecular flexibility index (Phi) is 5.24. The Morgan fingerprint density at radius 2 is 2.23 bits per heavy atom. The Morgan fingerprint density at radius 3 is 2.95 bits per heavy atom. The van der Waals surface area contributed by atoms with Crippen LogP contribution in [0.1, 0.15) is 11.3 Å². The number of rotatable bonds is 6. The smallest absolute Gasteiger partial charge is 0.258 e. The minimum Gasteiger partial charge on any atom is -0.482 e. The number of aryl methyl sites for hydroxylation is 1. The van der Waals surface area contributed by atoms with Crippen molar-refractivity contribution in [3.05, 3.63) is 52.5 Å². The van der Waals surface area contributed by atoms with Gasteiger partial charge >= 0.3 is 0 Å². The molecule has 2 heterocycles. The predicted molar refractivity (Wildman–Crippen MR) is 80.7 cm³/mol. The van der Waals surface area contributed by atoms with Crippen LogP contribution in [0.15, 0.2) is 35.6 Å². The molecule has 0 fully saturated rings. The summed E-state index contributed by atoms with van der Waals surface area (Å²) in [6.45, 7) is 4.14. The number of carbonyl (C=O) groups is 1. The molecule has 1 amide bonds. The van der Waals surface area contributed by atoms with Crippen molar-refractivity contribution in [1.82, 2.24) is 19.9 Å². The number of nitrogens with zero attached hydrogens (tertiary/aromatic N) is 3. The van der Waals surface area contributed by atoms with Crippen molar-refractivity contribution in [3.8, 4) is 5.75 Å². The van der Waals surface area contributed by atoms with Crippen LogP contribution >= 0.6 is 0 Å². The number of amides is 1. The van der Waals surface area contributed by atoms with Crippen LogP contribution < -0.4 is 15.6 Å². The van der Waals surface area contributed by atoms with E-state index in [2.05, 4.69) is 15.3 Å². The minimum atomic E-state index is -0.256. The highest BCUT2D eigenvalue weighted by Gasteiger charge is 2.05. The van der Waals surface area contributed by atoms with E-state index in [1.807, 2.05) is 0 Å². The highest BCUT2D eigenvalue weighted by molar-refractivity contribution is 5.77. The first-order chi connectivity index (χ1) is 10.6. The molecule has 0 aliphatic carbocycles. The topological polar surface area (TPSA) is 86.1 Å². The number of aromatic nitrogens is 3. The molecule has 7 nitrogen and oxygen atoms in total. The standard InChI is InChI=1S/C15H18N4O3/c1-11-12(2)18-10-19(15(11)21)7-6-17-14(20)9-22-13-4-3-5-16-8-13/h3-5,8,10H,6-7,9H2,1-2H3,(H,17,20). The molecule has 2 aromatic heterocycles. The zero-order valence-electron chi connectivity index (χ0n) is 12.6. The molecule has 2 aromatic rings. The van der Waals surface area contributed by atoms with Crippen LogP contribution in [0.4, 0.5) is 0 Å². The number of nitrogens with one attached hydrogen (secondary N) is 1. The van der Waals surface area contributed by atoms with E-state index in [-0.39, 0.29) is 18.1 Å². The number of hydrogen-bond acceptors (Lipinski definition) is 5. The Labute approximate surface area is 128 Å². The van der Waals surface area contributed by atoms with Crippen molar-refractivity contribution in [3.63, 3.8) is 0 Å². The van der Waals surface area contributed by atoms with E-state index in [4.69, 9.17) is 4.74 Å². The van der Waals surface area contributed by atoms with Crippen LogP contribution in [0.2, 0.25) is 0 Å². The fourth-order valence-electron chi connectivity index (χ4n) is 1.78. The van der Waals surface area contributed by atoms with Crippen molar-refractivity contribution in [2.75, 3.05) is 13.2 Å². The summed E-state index contributed by atoms with van der Waals surface area (Å²) in [6.07, 6.45) is 4.65.